The number of ether oxygens (including phenoxy) is 1. The molecule has 4 aromatic rings. The number of benzene rings is 3. The minimum atomic E-state index is -0.166. The predicted octanol–water partition coefficient (Wildman–Crippen LogP) is 5.08. The minimum absolute atomic E-state index is 0.0240. The number of pyridine rings is 1. The zero-order chi connectivity index (χ0) is 26.5. The molecule has 0 saturated heterocycles. The molecular weight excluding hydrogens is 464 g/mol. The molecule has 2 N–H and O–H groups in total. The third-order valence-corrected chi connectivity index (χ3v) is 5.56. The lowest BCUT2D eigenvalue weighted by molar-refractivity contribution is -0.108. The molecule has 37 heavy (non-hydrogen) atoms. The first kappa shape index (κ1) is 27.2. The molecule has 190 valence electrons. The molecule has 6 heteroatoms. The molecule has 0 aliphatic rings. The van der Waals surface area contributed by atoms with Gasteiger partial charge in [-0.25, -0.2) is 0 Å². The van der Waals surface area contributed by atoms with E-state index in [1.54, 1.807) is 6.20 Å². The number of carbonyl (C=O) groups excluding carboxylic acids is 1. The second-order valence-electron chi connectivity index (χ2n) is 8.41. The molecule has 0 bridgehead atoms. The van der Waals surface area contributed by atoms with Crippen LogP contribution in [0.25, 0.3) is 0 Å². The van der Waals surface area contributed by atoms with Crippen molar-refractivity contribution in [3.05, 3.63) is 148 Å². The van der Waals surface area contributed by atoms with Gasteiger partial charge in [-0.3, -0.25) is 4.79 Å². The van der Waals surface area contributed by atoms with Gasteiger partial charge in [-0.1, -0.05) is 85.4 Å². The maximum Gasteiger partial charge on any atom is 0.250 e. The SMILES string of the molecule is C=C(O)COc1cccc(CNC)c1.O=CCn1cc(C(c2ccccc2)c2ccccc2)ccc1=O. The summed E-state index contributed by atoms with van der Waals surface area (Å²) in [6.45, 7) is 4.36. The van der Waals surface area contributed by atoms with Crippen molar-refractivity contribution in [1.82, 2.24) is 9.88 Å². The Morgan fingerprint density at radius 2 is 1.59 bits per heavy atom. The van der Waals surface area contributed by atoms with Gasteiger partial charge in [0.15, 0.2) is 0 Å². The van der Waals surface area contributed by atoms with Crippen LogP contribution in [0, 0.1) is 0 Å². The van der Waals surface area contributed by atoms with Crippen molar-refractivity contribution in [2.75, 3.05) is 13.7 Å². The van der Waals surface area contributed by atoms with Crippen molar-refractivity contribution in [3.8, 4) is 5.75 Å². The molecule has 6 nitrogen and oxygen atoms in total. The smallest absolute Gasteiger partial charge is 0.250 e. The van der Waals surface area contributed by atoms with E-state index in [9.17, 15) is 9.59 Å². The predicted molar refractivity (Wildman–Crippen MR) is 147 cm³/mol. The molecule has 0 atom stereocenters. The zero-order valence-corrected chi connectivity index (χ0v) is 20.9. The molecule has 0 amide bonds. The lowest BCUT2D eigenvalue weighted by atomic mass is 9.86. The highest BCUT2D eigenvalue weighted by Gasteiger charge is 2.17. The number of rotatable bonds is 10. The topological polar surface area (TPSA) is 80.6 Å². The molecule has 0 spiro atoms. The summed E-state index contributed by atoms with van der Waals surface area (Å²) in [5.41, 5.74) is 4.27. The number of hydrogen-bond donors (Lipinski definition) is 2. The minimum Gasteiger partial charge on any atom is -0.509 e. The van der Waals surface area contributed by atoms with Gasteiger partial charge < -0.3 is 24.5 Å². The molecule has 0 radical (unpaired) electrons. The number of carbonyl (C=O) groups is 1. The highest BCUT2D eigenvalue weighted by molar-refractivity contribution is 5.49. The van der Waals surface area contributed by atoms with Crippen LogP contribution in [-0.2, 0) is 17.9 Å². The van der Waals surface area contributed by atoms with Gasteiger partial charge in [-0.15, -0.1) is 0 Å². The first-order valence-corrected chi connectivity index (χ1v) is 12.0. The Labute approximate surface area is 217 Å². The van der Waals surface area contributed by atoms with Gasteiger partial charge in [-0.05, 0) is 41.4 Å². The van der Waals surface area contributed by atoms with Crippen LogP contribution in [0.1, 0.15) is 28.2 Å². The molecule has 1 heterocycles. The Hall–Kier alpha value is -4.42. The molecule has 0 saturated carbocycles. The maximum atomic E-state index is 11.9. The second kappa shape index (κ2) is 14.2. The standard InChI is InChI=1S/C20H17NO2.C11H15NO2/c22-14-13-21-15-18(11-12-19(21)23)20(16-7-3-1-4-8-16)17-9-5-2-6-10-17;1-9(13)8-14-11-5-3-4-10(6-11)7-12-2/h1-12,14-15,20H,13H2;3-6,12-13H,1,7-8H2,2H3. The Kier molecular flexibility index (Phi) is 10.4. The normalized spacial score (nSPS) is 10.3. The van der Waals surface area contributed by atoms with Crippen molar-refractivity contribution in [3.63, 3.8) is 0 Å². The van der Waals surface area contributed by atoms with Crippen LogP contribution in [0.4, 0.5) is 0 Å². The zero-order valence-electron chi connectivity index (χ0n) is 20.9. The van der Waals surface area contributed by atoms with E-state index in [2.05, 4.69) is 36.2 Å². The quantitative estimate of drug-likeness (QED) is 0.236. The number of nitrogens with one attached hydrogen (secondary N) is 1. The maximum absolute atomic E-state index is 11.9. The van der Waals surface area contributed by atoms with Crippen molar-refractivity contribution in [2.45, 2.75) is 19.0 Å². The van der Waals surface area contributed by atoms with Gasteiger partial charge in [0.1, 0.15) is 24.4 Å². The van der Waals surface area contributed by atoms with E-state index in [1.807, 2.05) is 73.8 Å². The summed E-state index contributed by atoms with van der Waals surface area (Å²) in [4.78, 5) is 22.6. The van der Waals surface area contributed by atoms with Crippen LogP contribution in [0.5, 0.6) is 5.75 Å². The Morgan fingerprint density at radius 1 is 0.946 bits per heavy atom. The molecule has 0 unspecified atom stereocenters. The lowest BCUT2D eigenvalue weighted by Crippen LogP contribution is -2.20. The summed E-state index contributed by atoms with van der Waals surface area (Å²) >= 11 is 0. The summed E-state index contributed by atoms with van der Waals surface area (Å²) < 4.78 is 6.72. The molecule has 1 aromatic heterocycles. The van der Waals surface area contributed by atoms with E-state index in [4.69, 9.17) is 9.84 Å². The van der Waals surface area contributed by atoms with Crippen LogP contribution in [0.3, 0.4) is 0 Å². The fourth-order valence-electron chi connectivity index (χ4n) is 3.93. The third-order valence-electron chi connectivity index (χ3n) is 5.56. The van der Waals surface area contributed by atoms with Crippen molar-refractivity contribution >= 4 is 6.29 Å². The first-order chi connectivity index (χ1) is 18.0. The van der Waals surface area contributed by atoms with Crippen molar-refractivity contribution in [2.24, 2.45) is 0 Å². The lowest BCUT2D eigenvalue weighted by Gasteiger charge is -2.19. The van der Waals surface area contributed by atoms with Crippen LogP contribution in [-0.4, -0.2) is 29.6 Å². The number of aromatic nitrogens is 1. The summed E-state index contributed by atoms with van der Waals surface area (Å²) in [7, 11) is 1.89. The average molecular weight is 497 g/mol. The van der Waals surface area contributed by atoms with E-state index in [-0.39, 0.29) is 30.4 Å². The largest absolute Gasteiger partial charge is 0.509 e. The number of aliphatic hydroxyl groups excluding tert-OH is 1. The average Bonchev–Trinajstić information content (AvgIpc) is 2.92. The van der Waals surface area contributed by atoms with Gasteiger partial charge in [-0.2, -0.15) is 0 Å². The van der Waals surface area contributed by atoms with Gasteiger partial charge in [0.25, 0.3) is 5.56 Å². The molecule has 0 aliphatic heterocycles. The van der Waals surface area contributed by atoms with Gasteiger partial charge in [0.05, 0.1) is 6.54 Å². The Morgan fingerprint density at radius 3 is 2.16 bits per heavy atom. The highest BCUT2D eigenvalue weighted by Crippen LogP contribution is 2.31. The van der Waals surface area contributed by atoms with Gasteiger partial charge >= 0.3 is 0 Å². The van der Waals surface area contributed by atoms with E-state index >= 15 is 0 Å². The van der Waals surface area contributed by atoms with Gasteiger partial charge in [0, 0.05) is 24.7 Å². The fraction of sp³-hybridized carbons (Fsp3) is 0.161. The Bertz CT molecular complexity index is 1290. The number of hydrogen-bond acceptors (Lipinski definition) is 5. The van der Waals surface area contributed by atoms with E-state index in [0.29, 0.717) is 0 Å². The Balaban J connectivity index is 0.000000233. The van der Waals surface area contributed by atoms with Crippen molar-refractivity contribution < 1.29 is 14.6 Å². The summed E-state index contributed by atoms with van der Waals surface area (Å²) in [5.74, 6) is 0.799. The summed E-state index contributed by atoms with van der Waals surface area (Å²) in [6.07, 6.45) is 2.52. The monoisotopic (exact) mass is 496 g/mol. The van der Waals surface area contributed by atoms with Crippen LogP contribution < -0.4 is 15.6 Å². The van der Waals surface area contributed by atoms with Crippen LogP contribution >= 0.6 is 0 Å². The number of aldehydes is 1. The molecule has 0 fully saturated rings. The first-order valence-electron chi connectivity index (χ1n) is 12.0. The second-order valence-corrected chi connectivity index (χ2v) is 8.41. The third kappa shape index (κ3) is 8.33. The molecule has 4 rings (SSSR count). The highest BCUT2D eigenvalue weighted by atomic mass is 16.5. The fourth-order valence-corrected chi connectivity index (χ4v) is 3.93. The van der Waals surface area contributed by atoms with Gasteiger partial charge in [0.2, 0.25) is 0 Å². The molecular formula is C31H32N2O4. The van der Waals surface area contributed by atoms with E-state index in [0.717, 1.165) is 40.8 Å². The number of aliphatic hydroxyl groups is 1. The van der Waals surface area contributed by atoms with E-state index in [1.165, 1.54) is 10.6 Å². The number of nitrogens with zero attached hydrogens (tertiary/aromatic N) is 1. The molecule has 3 aromatic carbocycles. The van der Waals surface area contributed by atoms with Crippen molar-refractivity contribution in [1.29, 1.82) is 0 Å². The summed E-state index contributed by atoms with van der Waals surface area (Å²) in [6, 6.07) is 31.4. The summed E-state index contributed by atoms with van der Waals surface area (Å²) in [5, 5.41) is 11.9. The van der Waals surface area contributed by atoms with Crippen LogP contribution in [0.2, 0.25) is 0 Å². The van der Waals surface area contributed by atoms with Crippen LogP contribution in [0.15, 0.2) is 120 Å². The molecule has 0 aliphatic carbocycles. The van der Waals surface area contributed by atoms with E-state index < -0.39 is 0 Å².